The molecule has 1 aliphatic heterocycles. The molecule has 1 N–H and O–H groups in total. The fourth-order valence-electron chi connectivity index (χ4n) is 3.07. The average molecular weight is 371 g/mol. The van der Waals surface area contributed by atoms with Crippen molar-refractivity contribution >= 4 is 17.4 Å². The predicted molar refractivity (Wildman–Crippen MR) is 100.0 cm³/mol. The van der Waals surface area contributed by atoms with E-state index < -0.39 is 4.92 Å². The third-order valence-electron chi connectivity index (χ3n) is 4.35. The van der Waals surface area contributed by atoms with Crippen LogP contribution in [0.4, 0.5) is 16.2 Å². The van der Waals surface area contributed by atoms with Crippen molar-refractivity contribution in [1.82, 2.24) is 4.90 Å². The van der Waals surface area contributed by atoms with E-state index in [2.05, 4.69) is 5.32 Å². The molecule has 142 valence electrons. The van der Waals surface area contributed by atoms with Crippen LogP contribution in [0.2, 0.25) is 0 Å². The Hall–Kier alpha value is -3.13. The van der Waals surface area contributed by atoms with Gasteiger partial charge in [0, 0.05) is 18.7 Å². The summed E-state index contributed by atoms with van der Waals surface area (Å²) in [5.41, 5.74) is 1.13. The van der Waals surface area contributed by atoms with Crippen LogP contribution in [0.1, 0.15) is 18.6 Å². The molecule has 1 saturated heterocycles. The highest BCUT2D eigenvalue weighted by Crippen LogP contribution is 2.30. The second kappa shape index (κ2) is 8.05. The molecule has 2 aromatic carbocycles. The zero-order valence-electron chi connectivity index (χ0n) is 15.1. The summed E-state index contributed by atoms with van der Waals surface area (Å²) in [6, 6.07) is 13.4. The van der Waals surface area contributed by atoms with E-state index >= 15 is 0 Å². The molecule has 8 nitrogen and oxygen atoms in total. The van der Waals surface area contributed by atoms with Crippen LogP contribution in [0.25, 0.3) is 0 Å². The van der Waals surface area contributed by atoms with E-state index in [9.17, 15) is 14.9 Å². The average Bonchev–Trinajstić information content (AvgIpc) is 2.68. The molecular formula is C19H21N3O5. The van der Waals surface area contributed by atoms with E-state index in [1.165, 1.54) is 25.3 Å². The lowest BCUT2D eigenvalue weighted by Crippen LogP contribution is -2.47. The van der Waals surface area contributed by atoms with Gasteiger partial charge < -0.3 is 19.7 Å². The molecule has 0 radical (unpaired) electrons. The Balaban J connectivity index is 1.77. The van der Waals surface area contributed by atoms with Gasteiger partial charge in [0.05, 0.1) is 30.4 Å². The van der Waals surface area contributed by atoms with Gasteiger partial charge in [0.1, 0.15) is 11.9 Å². The summed E-state index contributed by atoms with van der Waals surface area (Å²) < 4.78 is 11.2. The molecule has 1 fully saturated rings. The van der Waals surface area contributed by atoms with Crippen LogP contribution in [-0.2, 0) is 4.74 Å². The number of nitrogens with one attached hydrogen (secondary N) is 1. The number of rotatable bonds is 4. The van der Waals surface area contributed by atoms with Crippen molar-refractivity contribution in [2.75, 3.05) is 25.5 Å². The van der Waals surface area contributed by atoms with E-state index in [1.807, 2.05) is 37.3 Å². The molecule has 8 heteroatoms. The number of nitrogens with zero attached hydrogens (tertiary/aromatic N) is 2. The van der Waals surface area contributed by atoms with Crippen LogP contribution in [0.15, 0.2) is 48.5 Å². The number of amides is 2. The van der Waals surface area contributed by atoms with Gasteiger partial charge in [0.15, 0.2) is 0 Å². The molecule has 2 aromatic rings. The topological polar surface area (TPSA) is 93.9 Å². The van der Waals surface area contributed by atoms with Crippen molar-refractivity contribution in [2.24, 2.45) is 0 Å². The molecule has 0 unspecified atom stereocenters. The lowest BCUT2D eigenvalue weighted by molar-refractivity contribution is -0.384. The number of anilines is 1. The van der Waals surface area contributed by atoms with Crippen molar-refractivity contribution in [3.63, 3.8) is 0 Å². The second-order valence-corrected chi connectivity index (χ2v) is 6.32. The largest absolute Gasteiger partial charge is 0.495 e. The van der Waals surface area contributed by atoms with Gasteiger partial charge >= 0.3 is 6.03 Å². The summed E-state index contributed by atoms with van der Waals surface area (Å²) in [6.45, 7) is 2.72. The first-order chi connectivity index (χ1) is 13.0. The van der Waals surface area contributed by atoms with Gasteiger partial charge in [0.25, 0.3) is 5.69 Å². The van der Waals surface area contributed by atoms with Crippen molar-refractivity contribution < 1.29 is 19.2 Å². The van der Waals surface area contributed by atoms with E-state index in [4.69, 9.17) is 9.47 Å². The van der Waals surface area contributed by atoms with E-state index in [-0.39, 0.29) is 29.6 Å². The van der Waals surface area contributed by atoms with Crippen LogP contribution >= 0.6 is 0 Å². The zero-order valence-corrected chi connectivity index (χ0v) is 15.1. The number of nitro benzene ring substituents is 1. The minimum absolute atomic E-state index is 0.122. The number of morpholine rings is 1. The van der Waals surface area contributed by atoms with Gasteiger partial charge in [-0.2, -0.15) is 0 Å². The molecule has 1 heterocycles. The summed E-state index contributed by atoms with van der Waals surface area (Å²) in [4.78, 5) is 24.9. The minimum atomic E-state index is -0.517. The fourth-order valence-corrected chi connectivity index (χ4v) is 3.07. The van der Waals surface area contributed by atoms with E-state index in [0.717, 1.165) is 5.56 Å². The molecule has 27 heavy (non-hydrogen) atoms. The summed E-state index contributed by atoms with van der Waals surface area (Å²) in [7, 11) is 1.44. The molecule has 0 aromatic heterocycles. The molecule has 2 amide bonds. The number of non-ortho nitro benzene ring substituents is 1. The van der Waals surface area contributed by atoms with Gasteiger partial charge in [-0.1, -0.05) is 30.3 Å². The number of ether oxygens (including phenoxy) is 2. The second-order valence-electron chi connectivity index (χ2n) is 6.32. The normalized spacial score (nSPS) is 19.4. The monoisotopic (exact) mass is 371 g/mol. The van der Waals surface area contributed by atoms with Crippen LogP contribution in [-0.4, -0.2) is 42.2 Å². The smallest absolute Gasteiger partial charge is 0.322 e. The van der Waals surface area contributed by atoms with Crippen molar-refractivity contribution in [2.45, 2.75) is 19.1 Å². The number of benzene rings is 2. The maximum atomic E-state index is 12.8. The molecule has 0 aliphatic carbocycles. The van der Waals surface area contributed by atoms with Crippen LogP contribution in [0, 0.1) is 10.1 Å². The van der Waals surface area contributed by atoms with E-state index in [0.29, 0.717) is 18.8 Å². The maximum absolute atomic E-state index is 12.8. The molecule has 1 aliphatic rings. The number of nitro groups is 1. The fraction of sp³-hybridized carbons (Fsp3) is 0.316. The Morgan fingerprint density at radius 3 is 2.67 bits per heavy atom. The van der Waals surface area contributed by atoms with Gasteiger partial charge in [0.2, 0.25) is 0 Å². The number of urea groups is 1. The van der Waals surface area contributed by atoms with Gasteiger partial charge in [-0.3, -0.25) is 10.1 Å². The molecule has 0 bridgehead atoms. The highest BCUT2D eigenvalue weighted by Gasteiger charge is 2.30. The molecule has 0 saturated carbocycles. The molecule has 0 spiro atoms. The quantitative estimate of drug-likeness (QED) is 0.655. The van der Waals surface area contributed by atoms with Crippen molar-refractivity contribution in [3.8, 4) is 5.75 Å². The first kappa shape index (κ1) is 18.7. The Labute approximate surface area is 156 Å². The van der Waals surface area contributed by atoms with Gasteiger partial charge in [-0.15, -0.1) is 0 Å². The standard InChI is InChI=1S/C19H21N3O5/c1-13-11-21(12-18(27-13)14-6-4-3-5-7-14)19(23)20-16-10-15(22(24)25)8-9-17(16)26-2/h3-10,13,18H,11-12H2,1-2H3,(H,20,23)/t13-,18+/m0/s1. The molecule has 3 rings (SSSR count). The molecular weight excluding hydrogens is 350 g/mol. The van der Waals surface area contributed by atoms with Crippen LogP contribution in [0.3, 0.4) is 0 Å². The van der Waals surface area contributed by atoms with Crippen molar-refractivity contribution in [1.29, 1.82) is 0 Å². The first-order valence-corrected chi connectivity index (χ1v) is 8.56. The molecule has 2 atom stereocenters. The Morgan fingerprint density at radius 1 is 1.26 bits per heavy atom. The summed E-state index contributed by atoms with van der Waals surface area (Å²) in [5.74, 6) is 0.356. The lowest BCUT2D eigenvalue weighted by atomic mass is 10.1. The summed E-state index contributed by atoms with van der Waals surface area (Å²) >= 11 is 0. The number of carbonyl (C=O) groups is 1. The Morgan fingerprint density at radius 2 is 2.00 bits per heavy atom. The summed E-state index contributed by atoms with van der Waals surface area (Å²) in [6.07, 6.45) is -0.366. The number of hydrogen-bond donors (Lipinski definition) is 1. The van der Waals surface area contributed by atoms with Crippen LogP contribution in [0.5, 0.6) is 5.75 Å². The summed E-state index contributed by atoms with van der Waals surface area (Å²) in [5, 5.41) is 13.7. The number of hydrogen-bond acceptors (Lipinski definition) is 5. The number of methoxy groups -OCH3 is 1. The predicted octanol–water partition coefficient (Wildman–Crippen LogP) is 3.60. The van der Waals surface area contributed by atoms with Gasteiger partial charge in [-0.05, 0) is 18.6 Å². The third kappa shape index (κ3) is 4.35. The van der Waals surface area contributed by atoms with Crippen LogP contribution < -0.4 is 10.1 Å². The highest BCUT2D eigenvalue weighted by atomic mass is 16.6. The highest BCUT2D eigenvalue weighted by molar-refractivity contribution is 5.91. The zero-order chi connectivity index (χ0) is 19.4. The minimum Gasteiger partial charge on any atom is -0.495 e. The third-order valence-corrected chi connectivity index (χ3v) is 4.35. The Kier molecular flexibility index (Phi) is 5.56. The lowest BCUT2D eigenvalue weighted by Gasteiger charge is -2.37. The van der Waals surface area contributed by atoms with E-state index in [1.54, 1.807) is 4.90 Å². The Bertz CT molecular complexity index is 827. The first-order valence-electron chi connectivity index (χ1n) is 8.56. The maximum Gasteiger partial charge on any atom is 0.322 e. The van der Waals surface area contributed by atoms with Crippen molar-refractivity contribution in [3.05, 3.63) is 64.2 Å². The van der Waals surface area contributed by atoms with Gasteiger partial charge in [-0.25, -0.2) is 4.79 Å². The number of carbonyl (C=O) groups excluding carboxylic acids is 1. The SMILES string of the molecule is COc1ccc([N+](=O)[O-])cc1NC(=O)N1C[C@H](C)O[C@@H](c2ccccc2)C1.